The highest BCUT2D eigenvalue weighted by Gasteiger charge is 2.21. The highest BCUT2D eigenvalue weighted by atomic mass is 79.9. The molecule has 1 atom stereocenters. The second-order valence-corrected chi connectivity index (χ2v) is 5.12. The molecule has 2 rings (SSSR count). The van der Waals surface area contributed by atoms with Crippen molar-refractivity contribution in [3.63, 3.8) is 0 Å². The Morgan fingerprint density at radius 2 is 2.20 bits per heavy atom. The molecule has 0 amide bonds. The SMILES string of the molecule is Cc1ccccc1CN1CCC(CBr)C1. The molecule has 1 heterocycles. The van der Waals surface area contributed by atoms with Crippen LogP contribution in [0, 0.1) is 12.8 Å². The molecule has 1 aromatic rings. The molecule has 1 saturated heterocycles. The van der Waals surface area contributed by atoms with Crippen LogP contribution in [0.25, 0.3) is 0 Å². The van der Waals surface area contributed by atoms with E-state index in [4.69, 9.17) is 0 Å². The topological polar surface area (TPSA) is 3.24 Å². The van der Waals surface area contributed by atoms with E-state index in [0.29, 0.717) is 0 Å². The van der Waals surface area contributed by atoms with Gasteiger partial charge in [0.25, 0.3) is 0 Å². The Morgan fingerprint density at radius 1 is 1.40 bits per heavy atom. The minimum Gasteiger partial charge on any atom is -0.299 e. The largest absolute Gasteiger partial charge is 0.299 e. The summed E-state index contributed by atoms with van der Waals surface area (Å²) in [6.07, 6.45) is 1.34. The number of rotatable bonds is 3. The van der Waals surface area contributed by atoms with Gasteiger partial charge in [0, 0.05) is 18.4 Å². The van der Waals surface area contributed by atoms with Crippen molar-refractivity contribution in [3.8, 4) is 0 Å². The van der Waals surface area contributed by atoms with E-state index in [1.54, 1.807) is 0 Å². The van der Waals surface area contributed by atoms with Gasteiger partial charge in [-0.3, -0.25) is 4.90 Å². The van der Waals surface area contributed by atoms with Crippen LogP contribution in [0.1, 0.15) is 17.5 Å². The van der Waals surface area contributed by atoms with Gasteiger partial charge < -0.3 is 0 Å². The minimum atomic E-state index is 0.856. The summed E-state index contributed by atoms with van der Waals surface area (Å²) in [5.41, 5.74) is 2.90. The summed E-state index contributed by atoms with van der Waals surface area (Å²) < 4.78 is 0. The lowest BCUT2D eigenvalue weighted by molar-refractivity contribution is 0.320. The third kappa shape index (κ3) is 2.82. The highest BCUT2D eigenvalue weighted by Crippen LogP contribution is 2.21. The van der Waals surface area contributed by atoms with Crippen molar-refractivity contribution in [1.82, 2.24) is 4.90 Å². The van der Waals surface area contributed by atoms with Gasteiger partial charge >= 0.3 is 0 Å². The molecule has 1 fully saturated rings. The average molecular weight is 268 g/mol. The molecular formula is C13H18BrN. The number of aryl methyl sites for hydroxylation is 1. The van der Waals surface area contributed by atoms with Crippen LogP contribution in [0.3, 0.4) is 0 Å². The predicted octanol–water partition coefficient (Wildman–Crippen LogP) is 3.21. The lowest BCUT2D eigenvalue weighted by atomic mass is 10.1. The second kappa shape index (κ2) is 5.13. The first-order valence-corrected chi connectivity index (χ1v) is 6.74. The van der Waals surface area contributed by atoms with E-state index in [1.807, 2.05) is 0 Å². The first kappa shape index (κ1) is 11.2. The third-order valence-electron chi connectivity index (χ3n) is 3.24. The van der Waals surface area contributed by atoms with Crippen LogP contribution in [0.5, 0.6) is 0 Å². The predicted molar refractivity (Wildman–Crippen MR) is 68.4 cm³/mol. The molecule has 0 spiro atoms. The van der Waals surface area contributed by atoms with Gasteiger partial charge in [0.2, 0.25) is 0 Å². The van der Waals surface area contributed by atoms with Crippen LogP contribution in [0.4, 0.5) is 0 Å². The summed E-state index contributed by atoms with van der Waals surface area (Å²) in [6.45, 7) is 5.83. The maximum Gasteiger partial charge on any atom is 0.0236 e. The molecular weight excluding hydrogens is 250 g/mol. The van der Waals surface area contributed by atoms with Crippen molar-refractivity contribution < 1.29 is 0 Å². The first-order chi connectivity index (χ1) is 7.29. The standard InChI is InChI=1S/C13H18BrN/c1-11-4-2-3-5-13(11)10-15-7-6-12(8-14)9-15/h2-5,12H,6-10H2,1H3. The number of alkyl halides is 1. The van der Waals surface area contributed by atoms with Crippen molar-refractivity contribution in [2.24, 2.45) is 5.92 Å². The fourth-order valence-electron chi connectivity index (χ4n) is 2.21. The summed E-state index contributed by atoms with van der Waals surface area (Å²) in [5, 5.41) is 1.15. The molecule has 0 radical (unpaired) electrons. The number of benzene rings is 1. The van der Waals surface area contributed by atoms with Crippen molar-refractivity contribution in [2.45, 2.75) is 19.9 Å². The minimum absolute atomic E-state index is 0.856. The van der Waals surface area contributed by atoms with Gasteiger partial charge in [0.05, 0.1) is 0 Å². The van der Waals surface area contributed by atoms with Crippen molar-refractivity contribution in [2.75, 3.05) is 18.4 Å². The van der Waals surface area contributed by atoms with E-state index >= 15 is 0 Å². The molecule has 0 aromatic heterocycles. The Kier molecular flexibility index (Phi) is 3.81. The van der Waals surface area contributed by atoms with Crippen LogP contribution in [-0.4, -0.2) is 23.3 Å². The molecule has 1 aliphatic rings. The van der Waals surface area contributed by atoms with Crippen molar-refractivity contribution in [3.05, 3.63) is 35.4 Å². The number of halogens is 1. The van der Waals surface area contributed by atoms with E-state index in [0.717, 1.165) is 17.8 Å². The number of likely N-dealkylation sites (tertiary alicyclic amines) is 1. The van der Waals surface area contributed by atoms with Crippen LogP contribution in [-0.2, 0) is 6.54 Å². The fourth-order valence-corrected chi connectivity index (χ4v) is 2.74. The first-order valence-electron chi connectivity index (χ1n) is 5.62. The van der Waals surface area contributed by atoms with Crippen molar-refractivity contribution in [1.29, 1.82) is 0 Å². The molecule has 82 valence electrons. The zero-order valence-corrected chi connectivity index (χ0v) is 10.8. The normalized spacial score (nSPS) is 22.1. The lowest BCUT2D eigenvalue weighted by Crippen LogP contribution is -2.20. The Labute approximate surface area is 101 Å². The van der Waals surface area contributed by atoms with Crippen molar-refractivity contribution >= 4 is 15.9 Å². The molecule has 15 heavy (non-hydrogen) atoms. The molecule has 1 unspecified atom stereocenters. The summed E-state index contributed by atoms with van der Waals surface area (Å²) >= 11 is 3.58. The Morgan fingerprint density at radius 3 is 2.87 bits per heavy atom. The third-order valence-corrected chi connectivity index (χ3v) is 4.16. The van der Waals surface area contributed by atoms with Crippen LogP contribution in [0.2, 0.25) is 0 Å². The van der Waals surface area contributed by atoms with Crippen LogP contribution in [0.15, 0.2) is 24.3 Å². The van der Waals surface area contributed by atoms with E-state index in [9.17, 15) is 0 Å². The molecule has 1 aliphatic heterocycles. The summed E-state index contributed by atoms with van der Waals surface area (Å²) in [5.74, 6) is 0.856. The average Bonchev–Trinajstić information content (AvgIpc) is 2.69. The molecule has 2 heteroatoms. The molecule has 0 saturated carbocycles. The second-order valence-electron chi connectivity index (χ2n) is 4.47. The van der Waals surface area contributed by atoms with Crippen LogP contribution < -0.4 is 0 Å². The highest BCUT2D eigenvalue weighted by molar-refractivity contribution is 9.09. The zero-order valence-electron chi connectivity index (χ0n) is 9.25. The number of hydrogen-bond acceptors (Lipinski definition) is 1. The van der Waals surface area contributed by atoms with Gasteiger partial charge in [-0.05, 0) is 36.9 Å². The monoisotopic (exact) mass is 267 g/mol. The van der Waals surface area contributed by atoms with Gasteiger partial charge in [-0.2, -0.15) is 0 Å². The van der Waals surface area contributed by atoms with E-state index in [2.05, 4.69) is 52.0 Å². The van der Waals surface area contributed by atoms with E-state index in [-0.39, 0.29) is 0 Å². The fraction of sp³-hybridized carbons (Fsp3) is 0.538. The molecule has 0 aliphatic carbocycles. The quantitative estimate of drug-likeness (QED) is 0.761. The molecule has 1 aromatic carbocycles. The summed E-state index contributed by atoms with van der Waals surface area (Å²) in [7, 11) is 0. The molecule has 1 nitrogen and oxygen atoms in total. The smallest absolute Gasteiger partial charge is 0.0236 e. The summed E-state index contributed by atoms with van der Waals surface area (Å²) in [4.78, 5) is 2.56. The maximum absolute atomic E-state index is 3.58. The lowest BCUT2D eigenvalue weighted by Gasteiger charge is -2.16. The molecule has 0 N–H and O–H groups in total. The maximum atomic E-state index is 3.58. The Balaban J connectivity index is 1.96. The summed E-state index contributed by atoms with van der Waals surface area (Å²) in [6, 6.07) is 8.70. The molecule has 0 bridgehead atoms. The Hall–Kier alpha value is -0.340. The van der Waals surface area contributed by atoms with Crippen LogP contribution >= 0.6 is 15.9 Å². The zero-order chi connectivity index (χ0) is 10.7. The number of hydrogen-bond donors (Lipinski definition) is 0. The van der Waals surface area contributed by atoms with Gasteiger partial charge in [-0.1, -0.05) is 40.2 Å². The van der Waals surface area contributed by atoms with Gasteiger partial charge in [-0.25, -0.2) is 0 Å². The van der Waals surface area contributed by atoms with Gasteiger partial charge in [0.15, 0.2) is 0 Å². The van der Waals surface area contributed by atoms with E-state index in [1.165, 1.54) is 30.6 Å². The number of nitrogens with zero attached hydrogens (tertiary/aromatic N) is 1. The van der Waals surface area contributed by atoms with Gasteiger partial charge in [0.1, 0.15) is 0 Å². The van der Waals surface area contributed by atoms with E-state index < -0.39 is 0 Å². The van der Waals surface area contributed by atoms with Gasteiger partial charge in [-0.15, -0.1) is 0 Å². The Bertz CT molecular complexity index is 324.